The summed E-state index contributed by atoms with van der Waals surface area (Å²) < 4.78 is 6.76. The van der Waals surface area contributed by atoms with Gasteiger partial charge in [-0.1, -0.05) is 54.4 Å². The maximum absolute atomic E-state index is 12.0. The second-order valence-electron chi connectivity index (χ2n) is 9.99. The van der Waals surface area contributed by atoms with Crippen LogP contribution in [0.15, 0.2) is 0 Å². The zero-order chi connectivity index (χ0) is 20.0. The summed E-state index contributed by atoms with van der Waals surface area (Å²) >= 11 is 0. The maximum Gasteiger partial charge on any atom is 0.192 e. The molecule has 0 spiro atoms. The molecule has 0 aromatic rings. The second-order valence-corrected chi connectivity index (χ2v) is 14.7. The number of rotatable bonds is 11. The molecule has 1 aliphatic rings. The molecule has 0 aliphatic heterocycles. The van der Waals surface area contributed by atoms with Crippen LogP contribution >= 0.6 is 0 Å². The molecule has 0 aromatic heterocycles. The van der Waals surface area contributed by atoms with Crippen molar-refractivity contribution in [1.29, 1.82) is 0 Å². The summed E-state index contributed by atoms with van der Waals surface area (Å²) in [5.41, 5.74) is 0.220. The smallest absolute Gasteiger partial charge is 0.192 e. The Morgan fingerprint density at radius 3 is 2.23 bits per heavy atom. The fraction of sp³-hybridized carbons (Fsp3) is 0.957. The van der Waals surface area contributed by atoms with Crippen molar-refractivity contribution in [3.8, 4) is 0 Å². The van der Waals surface area contributed by atoms with Crippen LogP contribution in [0.5, 0.6) is 0 Å². The first-order valence-corrected chi connectivity index (χ1v) is 13.8. The highest BCUT2D eigenvalue weighted by atomic mass is 28.4. The van der Waals surface area contributed by atoms with E-state index in [0.29, 0.717) is 17.6 Å². The summed E-state index contributed by atoms with van der Waals surface area (Å²) in [6, 6.07) is 3.68. The van der Waals surface area contributed by atoms with Gasteiger partial charge in [-0.15, -0.1) is 0 Å². The highest BCUT2D eigenvalue weighted by Gasteiger charge is 2.39. The van der Waals surface area contributed by atoms with Crippen molar-refractivity contribution < 1.29 is 9.22 Å². The minimum absolute atomic E-state index is 0.00190. The van der Waals surface area contributed by atoms with Gasteiger partial charge < -0.3 is 4.43 Å². The summed E-state index contributed by atoms with van der Waals surface area (Å²) in [6.45, 7) is 18.7. The average molecular weight is 383 g/mol. The Morgan fingerprint density at radius 1 is 1.15 bits per heavy atom. The lowest BCUT2D eigenvalue weighted by atomic mass is 9.63. The van der Waals surface area contributed by atoms with Crippen LogP contribution in [-0.4, -0.2) is 19.7 Å². The molecular formula is C23H46O2Si. The van der Waals surface area contributed by atoms with Gasteiger partial charge in [0.2, 0.25) is 0 Å². The fourth-order valence-electron chi connectivity index (χ4n) is 5.10. The van der Waals surface area contributed by atoms with Crippen molar-refractivity contribution in [3.63, 3.8) is 0 Å². The molecule has 154 valence electrons. The molecule has 1 aliphatic carbocycles. The number of carbonyl (C=O) groups excluding carboxylic acids is 1. The van der Waals surface area contributed by atoms with Crippen LogP contribution in [0.2, 0.25) is 18.1 Å². The summed E-state index contributed by atoms with van der Waals surface area (Å²) in [5.74, 6) is 1.77. The van der Waals surface area contributed by atoms with Crippen LogP contribution < -0.4 is 0 Å². The minimum atomic E-state index is -1.54. The predicted octanol–water partition coefficient (Wildman–Crippen LogP) is 7.38. The lowest BCUT2D eigenvalue weighted by molar-refractivity contribution is -0.125. The Labute approximate surface area is 165 Å². The van der Waals surface area contributed by atoms with Crippen LogP contribution in [0.4, 0.5) is 0 Å². The minimum Gasteiger partial charge on any atom is -0.412 e. The highest BCUT2D eigenvalue weighted by Crippen LogP contribution is 2.45. The van der Waals surface area contributed by atoms with E-state index in [1.54, 1.807) is 0 Å². The van der Waals surface area contributed by atoms with Crippen molar-refractivity contribution in [3.05, 3.63) is 0 Å². The zero-order valence-electron chi connectivity index (χ0n) is 19.0. The topological polar surface area (TPSA) is 26.3 Å². The van der Waals surface area contributed by atoms with Gasteiger partial charge in [0.1, 0.15) is 5.78 Å². The summed E-state index contributed by atoms with van der Waals surface area (Å²) in [5, 5.41) is 0. The Hall–Kier alpha value is -0.153. The molecule has 2 nitrogen and oxygen atoms in total. The van der Waals surface area contributed by atoms with Crippen LogP contribution in [0.3, 0.4) is 0 Å². The van der Waals surface area contributed by atoms with Crippen molar-refractivity contribution >= 4 is 14.1 Å². The van der Waals surface area contributed by atoms with E-state index < -0.39 is 8.32 Å². The van der Waals surface area contributed by atoms with E-state index in [0.717, 1.165) is 25.7 Å². The largest absolute Gasteiger partial charge is 0.412 e. The molecule has 0 saturated heterocycles. The van der Waals surface area contributed by atoms with Crippen LogP contribution in [0.1, 0.15) is 100 Å². The van der Waals surface area contributed by atoms with Crippen molar-refractivity contribution in [1.82, 2.24) is 0 Å². The first-order valence-electron chi connectivity index (χ1n) is 11.2. The lowest BCUT2D eigenvalue weighted by Gasteiger charge is -2.42. The first-order chi connectivity index (χ1) is 12.0. The van der Waals surface area contributed by atoms with Crippen molar-refractivity contribution in [2.75, 3.05) is 0 Å². The van der Waals surface area contributed by atoms with Crippen molar-refractivity contribution in [2.45, 2.75) is 124 Å². The number of carbonyl (C=O) groups is 1. The highest BCUT2D eigenvalue weighted by molar-refractivity contribution is 6.73. The third kappa shape index (κ3) is 6.47. The van der Waals surface area contributed by atoms with Crippen LogP contribution in [-0.2, 0) is 9.22 Å². The molecule has 0 radical (unpaired) electrons. The Bertz CT molecular complexity index is 433. The van der Waals surface area contributed by atoms with E-state index in [1.807, 2.05) is 0 Å². The normalized spacial score (nSPS) is 24.5. The van der Waals surface area contributed by atoms with Gasteiger partial charge in [-0.25, -0.2) is 0 Å². The molecule has 3 unspecified atom stereocenters. The molecule has 1 rings (SSSR count). The van der Waals surface area contributed by atoms with Crippen LogP contribution in [0.25, 0.3) is 0 Å². The molecule has 0 heterocycles. The molecule has 1 saturated carbocycles. The lowest BCUT2D eigenvalue weighted by Crippen LogP contribution is -2.44. The van der Waals surface area contributed by atoms with Crippen molar-refractivity contribution in [2.24, 2.45) is 17.3 Å². The third-order valence-electron chi connectivity index (χ3n) is 7.62. The maximum atomic E-state index is 12.0. The number of hydrogen-bond acceptors (Lipinski definition) is 2. The number of Topliss-reactive ketones (excluding diaryl/α,β-unsaturated/α-hetero) is 1. The van der Waals surface area contributed by atoms with Gasteiger partial charge in [0.15, 0.2) is 8.32 Å². The summed E-state index contributed by atoms with van der Waals surface area (Å²) in [4.78, 5) is 12.0. The Balaban J connectivity index is 2.53. The van der Waals surface area contributed by atoms with Gasteiger partial charge in [-0.05, 0) is 68.5 Å². The average Bonchev–Trinajstić information content (AvgIpc) is 2.58. The standard InChI is InChI=1S/C23H46O2Si/c1-9-26(10-2,11-3)25-22(6,7)16-12-14-19(4)20(5)23(8)17-13-15-21(24)18-23/h19-20H,9-18H2,1-8H3. The molecule has 3 heteroatoms. The molecule has 1 fully saturated rings. The molecule has 0 amide bonds. The van der Waals surface area contributed by atoms with E-state index in [1.165, 1.54) is 37.4 Å². The van der Waals surface area contributed by atoms with E-state index in [4.69, 9.17) is 4.43 Å². The molecule has 26 heavy (non-hydrogen) atoms. The predicted molar refractivity (Wildman–Crippen MR) is 116 cm³/mol. The molecule has 0 aromatic carbocycles. The van der Waals surface area contributed by atoms with Gasteiger partial charge >= 0.3 is 0 Å². The molecule has 3 atom stereocenters. The summed E-state index contributed by atoms with van der Waals surface area (Å²) in [6.07, 6.45) is 7.53. The second kappa shape index (κ2) is 9.86. The Kier molecular flexibility index (Phi) is 9.06. The van der Waals surface area contributed by atoms with Gasteiger partial charge in [-0.2, -0.15) is 0 Å². The SMILES string of the molecule is CC[Si](CC)(CC)OC(C)(C)CCCC(C)C(C)C1(C)CCCC(=O)C1. The quantitative estimate of drug-likeness (QED) is 0.348. The van der Waals surface area contributed by atoms with Crippen LogP contribution in [0, 0.1) is 17.3 Å². The third-order valence-corrected chi connectivity index (χ3v) is 12.5. The number of ketones is 1. The van der Waals surface area contributed by atoms with E-state index in [9.17, 15) is 4.79 Å². The molecule has 0 bridgehead atoms. The molecular weight excluding hydrogens is 336 g/mol. The van der Waals surface area contributed by atoms with E-state index in [2.05, 4.69) is 55.4 Å². The number of hydrogen-bond donors (Lipinski definition) is 0. The first kappa shape index (κ1) is 23.9. The monoisotopic (exact) mass is 382 g/mol. The van der Waals surface area contributed by atoms with Gasteiger partial charge in [-0.3, -0.25) is 4.79 Å². The van der Waals surface area contributed by atoms with E-state index in [-0.39, 0.29) is 11.0 Å². The van der Waals surface area contributed by atoms with Gasteiger partial charge in [0.05, 0.1) is 5.60 Å². The van der Waals surface area contributed by atoms with E-state index >= 15 is 0 Å². The molecule has 0 N–H and O–H groups in total. The summed E-state index contributed by atoms with van der Waals surface area (Å²) in [7, 11) is -1.54. The fourth-order valence-corrected chi connectivity index (χ4v) is 8.30. The zero-order valence-corrected chi connectivity index (χ0v) is 20.0. The van der Waals surface area contributed by atoms with Gasteiger partial charge in [0, 0.05) is 12.8 Å². The Morgan fingerprint density at radius 2 is 1.73 bits per heavy atom. The van der Waals surface area contributed by atoms with Gasteiger partial charge in [0.25, 0.3) is 0 Å².